The Kier molecular flexibility index (Phi) is 15.0. The molecule has 1 unspecified atom stereocenters. The highest BCUT2D eigenvalue weighted by molar-refractivity contribution is 6.04. The van der Waals surface area contributed by atoms with Crippen LogP contribution in [0.2, 0.25) is 0 Å². The summed E-state index contributed by atoms with van der Waals surface area (Å²) in [6, 6.07) is -8.01. The first kappa shape index (κ1) is 36.7. The first-order valence-corrected chi connectivity index (χ1v) is 13.9. The number of hydrogen-bond donors (Lipinski definition) is 9. The van der Waals surface area contributed by atoms with E-state index in [1.54, 1.807) is 0 Å². The number of hydrogen-bond acceptors (Lipinski definition) is 10. The number of carboxylic acids is 1. The van der Waals surface area contributed by atoms with Gasteiger partial charge in [-0.1, -0.05) is 0 Å². The molecule has 13 N–H and O–H groups in total. The first-order chi connectivity index (χ1) is 20.1. The molecule has 18 heteroatoms. The molecule has 0 saturated carbocycles. The summed E-state index contributed by atoms with van der Waals surface area (Å²) in [7, 11) is 0. The lowest BCUT2D eigenvalue weighted by Crippen LogP contribution is -2.63. The Morgan fingerprint density at radius 1 is 0.907 bits per heavy atom. The monoisotopic (exact) mass is 612 g/mol. The Labute approximate surface area is 249 Å². The standard InChI is InChI=1S/C25H44N10O8/c1-12-20(39)33-16(7-5-11-30-25(28)29)22(41)31-13(2)21(40)34-19(15(27)6-4-10-26)24(43)35(14(3)36)17(23(42)32-12)8-9-18(37)38/h12-13,15-17,19H,4-11,26-27H2,1-3H3,(H,31,41)(H,32,42)(H,33,39)(H,34,40)(H,37,38)(H4,28,29,30)/t12-,13-,15?,16-,17-,19-/m0/s1. The molecule has 1 aliphatic rings. The number of rotatable bonds is 11. The molecule has 1 rings (SSSR count). The van der Waals surface area contributed by atoms with E-state index in [1.165, 1.54) is 13.8 Å². The highest BCUT2D eigenvalue weighted by Gasteiger charge is 2.41. The molecule has 6 atom stereocenters. The second-order valence-corrected chi connectivity index (χ2v) is 10.2. The summed E-state index contributed by atoms with van der Waals surface area (Å²) in [6.45, 7) is 3.97. The number of nitrogens with one attached hydrogen (secondary N) is 4. The highest BCUT2D eigenvalue weighted by Crippen LogP contribution is 2.15. The van der Waals surface area contributed by atoms with Gasteiger partial charge in [0.2, 0.25) is 29.5 Å². The van der Waals surface area contributed by atoms with Gasteiger partial charge < -0.3 is 49.3 Å². The molecule has 0 aromatic carbocycles. The fourth-order valence-corrected chi connectivity index (χ4v) is 4.29. The molecule has 0 bridgehead atoms. The molecule has 1 saturated heterocycles. The number of imide groups is 1. The third-order valence-corrected chi connectivity index (χ3v) is 6.64. The zero-order chi connectivity index (χ0) is 32.9. The van der Waals surface area contributed by atoms with Crippen molar-refractivity contribution in [1.82, 2.24) is 26.2 Å². The zero-order valence-electron chi connectivity index (χ0n) is 24.6. The number of guanidine groups is 1. The van der Waals surface area contributed by atoms with Gasteiger partial charge in [0.1, 0.15) is 30.2 Å². The number of nitrogens with zero attached hydrogens (tertiary/aromatic N) is 2. The van der Waals surface area contributed by atoms with Crippen molar-refractivity contribution in [3.63, 3.8) is 0 Å². The van der Waals surface area contributed by atoms with Crippen molar-refractivity contribution in [2.45, 2.75) is 95.5 Å². The molecule has 0 aliphatic carbocycles. The normalized spacial score (nSPS) is 24.8. The average molecular weight is 613 g/mol. The molecule has 0 radical (unpaired) electrons. The van der Waals surface area contributed by atoms with Crippen LogP contribution in [0.4, 0.5) is 0 Å². The van der Waals surface area contributed by atoms with E-state index >= 15 is 0 Å². The van der Waals surface area contributed by atoms with Gasteiger partial charge in [-0.05, 0) is 52.5 Å². The Balaban J connectivity index is 3.61. The van der Waals surface area contributed by atoms with E-state index < -0.39 is 90.5 Å². The number of aliphatic imine (C=N–C) groups is 1. The van der Waals surface area contributed by atoms with E-state index in [1.807, 2.05) is 0 Å². The van der Waals surface area contributed by atoms with Crippen LogP contribution in [0.5, 0.6) is 0 Å². The summed E-state index contributed by atoms with van der Waals surface area (Å²) >= 11 is 0. The van der Waals surface area contributed by atoms with Crippen molar-refractivity contribution in [3.05, 3.63) is 0 Å². The van der Waals surface area contributed by atoms with Gasteiger partial charge >= 0.3 is 5.97 Å². The fourth-order valence-electron chi connectivity index (χ4n) is 4.29. The van der Waals surface area contributed by atoms with Gasteiger partial charge in [-0.3, -0.25) is 43.5 Å². The van der Waals surface area contributed by atoms with Gasteiger partial charge in [-0.2, -0.15) is 0 Å². The van der Waals surface area contributed by atoms with Gasteiger partial charge in [0.25, 0.3) is 5.91 Å². The second kappa shape index (κ2) is 17.6. The predicted octanol–water partition coefficient (Wildman–Crippen LogP) is -4.29. The van der Waals surface area contributed by atoms with E-state index in [4.69, 9.17) is 22.9 Å². The number of aliphatic carboxylic acids is 1. The Morgan fingerprint density at radius 3 is 2.02 bits per heavy atom. The molecular formula is C25H44N10O8. The number of carboxylic acid groups (broad SMARTS) is 1. The summed E-state index contributed by atoms with van der Waals surface area (Å²) in [5.74, 6) is -6.87. The quantitative estimate of drug-likeness (QED) is 0.0608. The largest absolute Gasteiger partial charge is 0.481 e. The smallest absolute Gasteiger partial charge is 0.303 e. The van der Waals surface area contributed by atoms with Crippen molar-refractivity contribution in [2.75, 3.05) is 13.1 Å². The molecule has 0 aromatic heterocycles. The Bertz CT molecular complexity index is 1080. The molecule has 1 heterocycles. The highest BCUT2D eigenvalue weighted by atomic mass is 16.4. The molecule has 1 aliphatic heterocycles. The van der Waals surface area contributed by atoms with Crippen LogP contribution in [-0.4, -0.2) is 107 Å². The summed E-state index contributed by atoms with van der Waals surface area (Å²) in [5, 5.41) is 19.1. The maximum atomic E-state index is 13.8. The molecule has 6 amide bonds. The fraction of sp³-hybridized carbons (Fsp3) is 0.680. The van der Waals surface area contributed by atoms with E-state index in [-0.39, 0.29) is 38.3 Å². The van der Waals surface area contributed by atoms with Crippen molar-refractivity contribution < 1.29 is 38.7 Å². The number of nitrogens with two attached hydrogens (primary N) is 4. The predicted molar refractivity (Wildman–Crippen MR) is 153 cm³/mol. The van der Waals surface area contributed by atoms with E-state index in [0.29, 0.717) is 11.3 Å². The lowest BCUT2D eigenvalue weighted by molar-refractivity contribution is -0.154. The number of carbonyl (C=O) groups excluding carboxylic acids is 6. The van der Waals surface area contributed by atoms with Crippen molar-refractivity contribution >= 4 is 47.4 Å². The van der Waals surface area contributed by atoms with Crippen molar-refractivity contribution in [2.24, 2.45) is 27.9 Å². The molecule has 0 aromatic rings. The van der Waals surface area contributed by atoms with Crippen LogP contribution in [-0.2, 0) is 33.6 Å². The maximum absolute atomic E-state index is 13.8. The SMILES string of the molecule is CC(=O)N1C(=O)[C@H](C(N)CCCN)NC(=O)[C@H](C)NC(=O)[C@H](CCCN=C(N)N)NC(=O)[C@H](C)NC(=O)[C@@H]1CCC(=O)O. The minimum atomic E-state index is -1.67. The van der Waals surface area contributed by atoms with E-state index in [2.05, 4.69) is 26.3 Å². The van der Waals surface area contributed by atoms with Crippen LogP contribution >= 0.6 is 0 Å². The molecule has 242 valence electrons. The van der Waals surface area contributed by atoms with Crippen LogP contribution < -0.4 is 44.2 Å². The van der Waals surface area contributed by atoms with E-state index in [9.17, 15) is 38.7 Å². The van der Waals surface area contributed by atoms with Crippen LogP contribution in [0.1, 0.15) is 59.3 Å². The van der Waals surface area contributed by atoms with Crippen molar-refractivity contribution in [3.8, 4) is 0 Å². The Morgan fingerprint density at radius 2 is 1.49 bits per heavy atom. The summed E-state index contributed by atoms with van der Waals surface area (Å²) in [6.07, 6.45) is -0.312. The zero-order valence-corrected chi connectivity index (χ0v) is 24.6. The third-order valence-electron chi connectivity index (χ3n) is 6.64. The molecule has 0 spiro atoms. The molecule has 1 fully saturated rings. The van der Waals surface area contributed by atoms with Crippen LogP contribution in [0.15, 0.2) is 4.99 Å². The van der Waals surface area contributed by atoms with Gasteiger partial charge in [-0.25, -0.2) is 0 Å². The van der Waals surface area contributed by atoms with Crippen molar-refractivity contribution in [1.29, 1.82) is 0 Å². The van der Waals surface area contributed by atoms with Crippen LogP contribution in [0.3, 0.4) is 0 Å². The van der Waals surface area contributed by atoms with Gasteiger partial charge in [0.05, 0.1) is 0 Å². The first-order valence-electron chi connectivity index (χ1n) is 13.9. The summed E-state index contributed by atoms with van der Waals surface area (Å²) in [4.78, 5) is 95.0. The minimum Gasteiger partial charge on any atom is -0.481 e. The minimum absolute atomic E-state index is 0.0494. The number of amides is 6. The van der Waals surface area contributed by atoms with Crippen LogP contribution in [0.25, 0.3) is 0 Å². The number of carbonyl (C=O) groups is 7. The topological polar surface area (TPSA) is 308 Å². The Hall–Kier alpha value is -4.32. The lowest BCUT2D eigenvalue weighted by Gasteiger charge is -2.34. The average Bonchev–Trinajstić information content (AvgIpc) is 2.92. The lowest BCUT2D eigenvalue weighted by atomic mass is 9.99. The van der Waals surface area contributed by atoms with Gasteiger partial charge in [-0.15, -0.1) is 0 Å². The van der Waals surface area contributed by atoms with E-state index in [0.717, 1.165) is 6.92 Å². The summed E-state index contributed by atoms with van der Waals surface area (Å²) in [5.41, 5.74) is 22.5. The molecule has 18 nitrogen and oxygen atoms in total. The molecule has 43 heavy (non-hydrogen) atoms. The second-order valence-electron chi connectivity index (χ2n) is 10.2. The van der Waals surface area contributed by atoms with Gasteiger partial charge in [0, 0.05) is 25.9 Å². The maximum Gasteiger partial charge on any atom is 0.303 e. The summed E-state index contributed by atoms with van der Waals surface area (Å²) < 4.78 is 0. The molecular weight excluding hydrogens is 568 g/mol. The van der Waals surface area contributed by atoms with Gasteiger partial charge in [0.15, 0.2) is 5.96 Å². The third kappa shape index (κ3) is 11.8. The van der Waals surface area contributed by atoms with Crippen LogP contribution in [0, 0.1) is 0 Å².